The lowest BCUT2D eigenvalue weighted by molar-refractivity contribution is -0.131. The Morgan fingerprint density at radius 3 is 2.19 bits per heavy atom. The molecule has 1 N–H and O–H groups in total. The largest absolute Gasteiger partial charge is 0.319 e. The highest BCUT2D eigenvalue weighted by molar-refractivity contribution is 6.18. The summed E-state index contributed by atoms with van der Waals surface area (Å²) in [6.45, 7) is 2.01. The number of hydrogen-bond acceptors (Lipinski definition) is 3. The summed E-state index contributed by atoms with van der Waals surface area (Å²) in [6, 6.07) is 18.4. The van der Waals surface area contributed by atoms with Crippen LogP contribution in [0.4, 0.5) is 0 Å². The molecule has 0 aliphatic heterocycles. The molecule has 4 atom stereocenters. The van der Waals surface area contributed by atoms with Gasteiger partial charge in [0.1, 0.15) is 0 Å². The highest BCUT2D eigenvalue weighted by Gasteiger charge is 2.54. The normalized spacial score (nSPS) is 27.2. The van der Waals surface area contributed by atoms with Crippen LogP contribution in [0, 0.1) is 17.8 Å². The highest BCUT2D eigenvalue weighted by Crippen LogP contribution is 2.49. The molecule has 130 valence electrons. The van der Waals surface area contributed by atoms with E-state index in [1.165, 1.54) is 0 Å². The summed E-state index contributed by atoms with van der Waals surface area (Å²) in [4.78, 5) is 38.1. The zero-order valence-corrected chi connectivity index (χ0v) is 14.4. The van der Waals surface area contributed by atoms with Crippen LogP contribution >= 0.6 is 0 Å². The van der Waals surface area contributed by atoms with Crippen molar-refractivity contribution in [2.75, 3.05) is 0 Å². The number of Topliss-reactive ketones (excluding diaryl/α,β-unsaturated/α-hetero) is 2. The smallest absolute Gasteiger partial charge is 0.255 e. The lowest BCUT2D eigenvalue weighted by atomic mass is 9.81. The molecule has 0 spiro atoms. The van der Waals surface area contributed by atoms with E-state index in [2.05, 4.69) is 5.32 Å². The van der Waals surface area contributed by atoms with Crippen molar-refractivity contribution >= 4 is 17.5 Å². The number of fused-ring (bicyclic) bond motifs is 2. The summed E-state index contributed by atoms with van der Waals surface area (Å²) in [5.74, 6) is -1.83. The first-order valence-electron chi connectivity index (χ1n) is 8.79. The number of ketones is 2. The van der Waals surface area contributed by atoms with E-state index in [-0.39, 0.29) is 40.9 Å². The third-order valence-electron chi connectivity index (χ3n) is 5.49. The number of rotatable bonds is 3. The molecule has 2 aromatic rings. The molecule has 0 radical (unpaired) electrons. The van der Waals surface area contributed by atoms with Gasteiger partial charge in [-0.05, 0) is 29.7 Å². The third-order valence-corrected chi connectivity index (χ3v) is 5.49. The summed E-state index contributed by atoms with van der Waals surface area (Å²) in [5, 5.41) is 2.72. The first kappa shape index (κ1) is 16.5. The van der Waals surface area contributed by atoms with Gasteiger partial charge >= 0.3 is 0 Å². The number of benzene rings is 2. The molecule has 2 bridgehead atoms. The van der Waals surface area contributed by atoms with Gasteiger partial charge in [-0.3, -0.25) is 14.4 Å². The standard InChI is InChI=1S/C22H19NO3/c1-13-16-12-17(23-22(26)15-10-6-3-7-11-15)21(25)19(20(16)24)18(13)14-8-4-2-5-9-14/h2-13,16,18-19H,1H3,(H,23,26)/t13-,16-,18-,19+/m0/s1. The molecule has 0 aromatic heterocycles. The number of amides is 1. The molecule has 2 aliphatic rings. The fourth-order valence-corrected chi connectivity index (χ4v) is 4.18. The van der Waals surface area contributed by atoms with E-state index >= 15 is 0 Å². The van der Waals surface area contributed by atoms with Crippen molar-refractivity contribution in [3.8, 4) is 0 Å². The second-order valence-electron chi connectivity index (χ2n) is 6.97. The summed E-state index contributed by atoms with van der Waals surface area (Å²) in [5.41, 5.74) is 1.73. The third kappa shape index (κ3) is 2.58. The quantitative estimate of drug-likeness (QED) is 0.870. The van der Waals surface area contributed by atoms with Crippen LogP contribution in [0.15, 0.2) is 72.4 Å². The van der Waals surface area contributed by atoms with Gasteiger partial charge < -0.3 is 5.32 Å². The van der Waals surface area contributed by atoms with Crippen molar-refractivity contribution in [3.05, 3.63) is 83.6 Å². The monoisotopic (exact) mass is 345 g/mol. The van der Waals surface area contributed by atoms with Crippen LogP contribution in [0.25, 0.3) is 0 Å². The zero-order valence-electron chi connectivity index (χ0n) is 14.4. The molecule has 4 rings (SSSR count). The second-order valence-corrected chi connectivity index (χ2v) is 6.97. The van der Waals surface area contributed by atoms with Gasteiger partial charge in [-0.15, -0.1) is 0 Å². The number of hydrogen-bond donors (Lipinski definition) is 1. The molecule has 1 saturated carbocycles. The molecule has 0 heterocycles. The Bertz CT molecular complexity index is 901. The number of carbonyl (C=O) groups excluding carboxylic acids is 3. The lowest BCUT2D eigenvalue weighted by Gasteiger charge is -2.21. The Labute approximate surface area is 151 Å². The topological polar surface area (TPSA) is 63.2 Å². The predicted molar refractivity (Wildman–Crippen MR) is 97.3 cm³/mol. The van der Waals surface area contributed by atoms with Crippen LogP contribution in [0.2, 0.25) is 0 Å². The van der Waals surface area contributed by atoms with E-state index in [1.54, 1.807) is 30.3 Å². The van der Waals surface area contributed by atoms with Gasteiger partial charge in [0, 0.05) is 17.4 Å². The molecule has 0 saturated heterocycles. The van der Waals surface area contributed by atoms with Crippen LogP contribution in [0.3, 0.4) is 0 Å². The zero-order chi connectivity index (χ0) is 18.3. The second kappa shape index (κ2) is 6.37. The molecule has 1 amide bonds. The number of allylic oxidation sites excluding steroid dienone is 2. The van der Waals surface area contributed by atoms with Crippen molar-refractivity contribution in [1.82, 2.24) is 5.32 Å². The molecule has 4 heteroatoms. The van der Waals surface area contributed by atoms with Crippen molar-refractivity contribution in [1.29, 1.82) is 0 Å². The molecular weight excluding hydrogens is 326 g/mol. The molecule has 2 aliphatic carbocycles. The predicted octanol–water partition coefficient (Wildman–Crippen LogP) is 3.12. The molecule has 26 heavy (non-hydrogen) atoms. The maximum atomic E-state index is 13.0. The van der Waals surface area contributed by atoms with E-state index in [1.807, 2.05) is 43.3 Å². The molecule has 1 fully saturated rings. The van der Waals surface area contributed by atoms with Crippen LogP contribution in [0.1, 0.15) is 28.8 Å². The van der Waals surface area contributed by atoms with Crippen molar-refractivity contribution < 1.29 is 14.4 Å². The van der Waals surface area contributed by atoms with E-state index < -0.39 is 5.92 Å². The lowest BCUT2D eigenvalue weighted by Crippen LogP contribution is -2.37. The van der Waals surface area contributed by atoms with Gasteiger partial charge in [-0.1, -0.05) is 55.5 Å². The minimum atomic E-state index is -0.714. The van der Waals surface area contributed by atoms with Gasteiger partial charge in [0.05, 0.1) is 11.6 Å². The van der Waals surface area contributed by atoms with Crippen LogP contribution < -0.4 is 5.32 Å². The molecule has 4 nitrogen and oxygen atoms in total. The van der Waals surface area contributed by atoms with Crippen LogP contribution in [-0.4, -0.2) is 17.5 Å². The highest BCUT2D eigenvalue weighted by atomic mass is 16.2. The van der Waals surface area contributed by atoms with Gasteiger partial charge in [0.2, 0.25) is 0 Å². The van der Waals surface area contributed by atoms with Crippen molar-refractivity contribution in [2.45, 2.75) is 12.8 Å². The maximum Gasteiger partial charge on any atom is 0.255 e. The summed E-state index contributed by atoms with van der Waals surface area (Å²) >= 11 is 0. The summed E-state index contributed by atoms with van der Waals surface area (Å²) in [6.07, 6.45) is 1.65. The fraction of sp³-hybridized carbons (Fsp3) is 0.227. The minimum absolute atomic E-state index is 0.0185. The first-order valence-corrected chi connectivity index (χ1v) is 8.79. The van der Waals surface area contributed by atoms with Gasteiger partial charge in [-0.25, -0.2) is 0 Å². The van der Waals surface area contributed by atoms with Gasteiger partial charge in [0.15, 0.2) is 11.6 Å². The van der Waals surface area contributed by atoms with Gasteiger partial charge in [0.25, 0.3) is 5.91 Å². The summed E-state index contributed by atoms with van der Waals surface area (Å²) < 4.78 is 0. The van der Waals surface area contributed by atoms with Crippen LogP contribution in [0.5, 0.6) is 0 Å². The Morgan fingerprint density at radius 1 is 0.923 bits per heavy atom. The average Bonchev–Trinajstić information content (AvgIpc) is 2.85. The molecule has 2 aromatic carbocycles. The SMILES string of the molecule is C[C@@H]1[C@@H](c2ccccc2)[C@H]2C(=O)C(NC(=O)c3ccccc3)=C[C@@H]1C2=O. The number of carbonyl (C=O) groups is 3. The van der Waals surface area contributed by atoms with Gasteiger partial charge in [-0.2, -0.15) is 0 Å². The van der Waals surface area contributed by atoms with E-state index in [0.29, 0.717) is 5.56 Å². The van der Waals surface area contributed by atoms with E-state index in [0.717, 1.165) is 5.56 Å². The number of nitrogens with one attached hydrogen (secondary N) is 1. The Balaban J connectivity index is 1.64. The van der Waals surface area contributed by atoms with E-state index in [4.69, 9.17) is 0 Å². The Morgan fingerprint density at radius 2 is 1.54 bits per heavy atom. The average molecular weight is 345 g/mol. The maximum absolute atomic E-state index is 13.0. The van der Waals surface area contributed by atoms with Crippen molar-refractivity contribution in [3.63, 3.8) is 0 Å². The fourth-order valence-electron chi connectivity index (χ4n) is 4.18. The molecular formula is C22H19NO3. The minimum Gasteiger partial charge on any atom is -0.319 e. The Hall–Kier alpha value is -3.01. The Kier molecular flexibility index (Phi) is 4.03. The summed E-state index contributed by atoms with van der Waals surface area (Å²) in [7, 11) is 0. The van der Waals surface area contributed by atoms with Crippen LogP contribution in [-0.2, 0) is 9.59 Å². The first-order chi connectivity index (χ1) is 12.6. The van der Waals surface area contributed by atoms with E-state index in [9.17, 15) is 14.4 Å². The van der Waals surface area contributed by atoms with Crippen molar-refractivity contribution in [2.24, 2.45) is 17.8 Å². The molecule has 0 unspecified atom stereocenters.